The molecule has 2 heteroatoms. The van der Waals surface area contributed by atoms with E-state index in [-0.39, 0.29) is 0 Å². The molecule has 0 aromatic heterocycles. The van der Waals surface area contributed by atoms with Crippen molar-refractivity contribution < 1.29 is 0 Å². The second kappa shape index (κ2) is 6.18. The lowest BCUT2D eigenvalue weighted by atomic mass is 9.82. The van der Waals surface area contributed by atoms with Gasteiger partial charge in [-0.25, -0.2) is 0 Å². The van der Waals surface area contributed by atoms with Crippen molar-refractivity contribution in [3.05, 3.63) is 35.4 Å². The molecule has 0 spiro atoms. The van der Waals surface area contributed by atoms with Crippen molar-refractivity contribution in [3.63, 3.8) is 0 Å². The molecule has 0 fully saturated rings. The molecular formula is C15H24N2. The first-order valence-electron chi connectivity index (χ1n) is 6.72. The minimum absolute atomic E-state index is 0.738. The van der Waals surface area contributed by atoms with Crippen LogP contribution in [-0.2, 0) is 6.42 Å². The fourth-order valence-corrected chi connectivity index (χ4v) is 2.81. The van der Waals surface area contributed by atoms with E-state index >= 15 is 0 Å². The van der Waals surface area contributed by atoms with E-state index in [1.807, 2.05) is 7.05 Å². The summed E-state index contributed by atoms with van der Waals surface area (Å²) < 4.78 is 0. The summed E-state index contributed by atoms with van der Waals surface area (Å²) in [4.78, 5) is 2.45. The summed E-state index contributed by atoms with van der Waals surface area (Å²) in [6.07, 6.45) is 3.97. The fraction of sp³-hybridized carbons (Fsp3) is 0.600. The molecule has 2 rings (SSSR count). The molecule has 0 radical (unpaired) electrons. The van der Waals surface area contributed by atoms with Crippen molar-refractivity contribution in [3.8, 4) is 0 Å². The Kier molecular flexibility index (Phi) is 4.57. The van der Waals surface area contributed by atoms with E-state index in [9.17, 15) is 0 Å². The van der Waals surface area contributed by atoms with Crippen molar-refractivity contribution in [2.24, 2.45) is 0 Å². The topological polar surface area (TPSA) is 15.3 Å². The fourth-order valence-electron chi connectivity index (χ4n) is 2.81. The zero-order valence-electron chi connectivity index (χ0n) is 11.1. The molecule has 1 aliphatic rings. The predicted octanol–water partition coefficient (Wildman–Crippen LogP) is 2.26. The Morgan fingerprint density at radius 1 is 1.35 bits per heavy atom. The molecular weight excluding hydrogens is 208 g/mol. The van der Waals surface area contributed by atoms with Gasteiger partial charge in [0.2, 0.25) is 0 Å². The smallest absolute Gasteiger partial charge is 0.0104 e. The van der Waals surface area contributed by atoms with Crippen LogP contribution in [0.15, 0.2) is 24.3 Å². The molecule has 1 N–H and O–H groups in total. The standard InChI is InChI=1S/C15H24N2/c1-16-10-11-17(2)12-14-8-5-7-13-6-3-4-9-15(13)14/h3-4,6,9,14,16H,5,7-8,10-12H2,1-2H3. The maximum Gasteiger partial charge on any atom is 0.0104 e. The lowest BCUT2D eigenvalue weighted by molar-refractivity contribution is 0.299. The Balaban J connectivity index is 1.98. The summed E-state index contributed by atoms with van der Waals surface area (Å²) in [5, 5.41) is 3.21. The lowest BCUT2D eigenvalue weighted by Gasteiger charge is -2.29. The Morgan fingerprint density at radius 3 is 3.00 bits per heavy atom. The molecule has 0 heterocycles. The Morgan fingerprint density at radius 2 is 2.18 bits per heavy atom. The molecule has 0 aliphatic heterocycles. The molecule has 94 valence electrons. The lowest BCUT2D eigenvalue weighted by Crippen LogP contribution is -2.32. The number of benzene rings is 1. The third-order valence-electron chi connectivity index (χ3n) is 3.77. The van der Waals surface area contributed by atoms with Crippen molar-refractivity contribution >= 4 is 0 Å². The first-order chi connectivity index (χ1) is 8.31. The number of nitrogens with zero attached hydrogens (tertiary/aromatic N) is 1. The van der Waals surface area contributed by atoms with Gasteiger partial charge < -0.3 is 10.2 Å². The van der Waals surface area contributed by atoms with Gasteiger partial charge in [-0.2, -0.15) is 0 Å². The normalized spacial score (nSPS) is 19.4. The first-order valence-corrected chi connectivity index (χ1v) is 6.72. The summed E-state index contributed by atoms with van der Waals surface area (Å²) >= 11 is 0. The van der Waals surface area contributed by atoms with Crippen LogP contribution in [0.25, 0.3) is 0 Å². The highest BCUT2D eigenvalue weighted by molar-refractivity contribution is 5.32. The third kappa shape index (κ3) is 3.30. The maximum absolute atomic E-state index is 3.21. The van der Waals surface area contributed by atoms with E-state index in [0.717, 1.165) is 19.0 Å². The monoisotopic (exact) mass is 232 g/mol. The van der Waals surface area contributed by atoms with Crippen molar-refractivity contribution in [2.75, 3.05) is 33.7 Å². The third-order valence-corrected chi connectivity index (χ3v) is 3.77. The van der Waals surface area contributed by atoms with Crippen LogP contribution in [0.2, 0.25) is 0 Å². The van der Waals surface area contributed by atoms with Crippen LogP contribution < -0.4 is 5.32 Å². The predicted molar refractivity (Wildman–Crippen MR) is 73.5 cm³/mol. The molecule has 1 aliphatic carbocycles. The Hall–Kier alpha value is -0.860. The highest BCUT2D eigenvalue weighted by Crippen LogP contribution is 2.31. The molecule has 17 heavy (non-hydrogen) atoms. The average Bonchev–Trinajstić information content (AvgIpc) is 2.37. The Labute approximate surface area is 105 Å². The van der Waals surface area contributed by atoms with Crippen LogP contribution in [-0.4, -0.2) is 38.6 Å². The minimum Gasteiger partial charge on any atom is -0.318 e. The van der Waals surface area contributed by atoms with Crippen LogP contribution >= 0.6 is 0 Å². The second-order valence-electron chi connectivity index (χ2n) is 5.15. The molecule has 1 aromatic carbocycles. The summed E-state index contributed by atoms with van der Waals surface area (Å²) in [6.45, 7) is 3.40. The van der Waals surface area contributed by atoms with E-state index in [0.29, 0.717) is 0 Å². The number of hydrogen-bond donors (Lipinski definition) is 1. The average molecular weight is 232 g/mol. The number of nitrogens with one attached hydrogen (secondary N) is 1. The highest BCUT2D eigenvalue weighted by Gasteiger charge is 2.20. The van der Waals surface area contributed by atoms with Crippen LogP contribution in [0.5, 0.6) is 0 Å². The van der Waals surface area contributed by atoms with Gasteiger partial charge >= 0.3 is 0 Å². The molecule has 1 unspecified atom stereocenters. The Bertz CT molecular complexity index is 349. The number of fused-ring (bicyclic) bond motifs is 1. The number of likely N-dealkylation sites (N-methyl/N-ethyl adjacent to an activating group) is 2. The van der Waals surface area contributed by atoms with Gasteiger partial charge in [-0.05, 0) is 50.4 Å². The first kappa shape index (κ1) is 12.6. The van der Waals surface area contributed by atoms with Gasteiger partial charge in [-0.1, -0.05) is 24.3 Å². The molecule has 0 saturated carbocycles. The van der Waals surface area contributed by atoms with E-state index in [4.69, 9.17) is 0 Å². The van der Waals surface area contributed by atoms with Gasteiger partial charge in [0, 0.05) is 19.6 Å². The summed E-state index contributed by atoms with van der Waals surface area (Å²) in [5.74, 6) is 0.738. The van der Waals surface area contributed by atoms with E-state index < -0.39 is 0 Å². The number of hydrogen-bond acceptors (Lipinski definition) is 2. The van der Waals surface area contributed by atoms with Crippen molar-refractivity contribution in [1.82, 2.24) is 10.2 Å². The molecule has 0 bridgehead atoms. The van der Waals surface area contributed by atoms with Crippen molar-refractivity contribution in [1.29, 1.82) is 0 Å². The van der Waals surface area contributed by atoms with Gasteiger partial charge in [0.05, 0.1) is 0 Å². The van der Waals surface area contributed by atoms with Gasteiger partial charge in [-0.15, -0.1) is 0 Å². The number of rotatable bonds is 5. The van der Waals surface area contributed by atoms with Gasteiger partial charge in [0.15, 0.2) is 0 Å². The SMILES string of the molecule is CNCCN(C)CC1CCCc2ccccc21. The highest BCUT2D eigenvalue weighted by atomic mass is 15.1. The van der Waals surface area contributed by atoms with Crippen LogP contribution in [0.1, 0.15) is 29.9 Å². The number of aryl methyl sites for hydroxylation is 1. The maximum atomic E-state index is 3.21. The second-order valence-corrected chi connectivity index (χ2v) is 5.15. The minimum atomic E-state index is 0.738. The zero-order chi connectivity index (χ0) is 12.1. The van der Waals surface area contributed by atoms with Crippen molar-refractivity contribution in [2.45, 2.75) is 25.2 Å². The summed E-state index contributed by atoms with van der Waals surface area (Å²) in [7, 11) is 4.25. The van der Waals surface area contributed by atoms with Gasteiger partial charge in [-0.3, -0.25) is 0 Å². The van der Waals surface area contributed by atoms with Crippen LogP contribution in [0.3, 0.4) is 0 Å². The van der Waals surface area contributed by atoms with E-state index in [2.05, 4.69) is 41.5 Å². The van der Waals surface area contributed by atoms with Gasteiger partial charge in [0.1, 0.15) is 0 Å². The molecule has 0 amide bonds. The summed E-state index contributed by atoms with van der Waals surface area (Å²) in [5.41, 5.74) is 3.17. The largest absolute Gasteiger partial charge is 0.318 e. The quantitative estimate of drug-likeness (QED) is 0.837. The molecule has 1 aromatic rings. The van der Waals surface area contributed by atoms with E-state index in [1.54, 1.807) is 11.1 Å². The van der Waals surface area contributed by atoms with Crippen LogP contribution in [0.4, 0.5) is 0 Å². The van der Waals surface area contributed by atoms with E-state index in [1.165, 1.54) is 25.8 Å². The molecule has 0 saturated heterocycles. The van der Waals surface area contributed by atoms with Gasteiger partial charge in [0.25, 0.3) is 0 Å². The summed E-state index contributed by atoms with van der Waals surface area (Å²) in [6, 6.07) is 8.98. The zero-order valence-corrected chi connectivity index (χ0v) is 11.1. The van der Waals surface area contributed by atoms with Crippen LogP contribution in [0, 0.1) is 0 Å². The molecule has 1 atom stereocenters. The molecule has 2 nitrogen and oxygen atoms in total.